The van der Waals surface area contributed by atoms with Gasteiger partial charge in [-0.1, -0.05) is 6.07 Å². The van der Waals surface area contributed by atoms with E-state index in [9.17, 15) is 9.18 Å². The van der Waals surface area contributed by atoms with Crippen LogP contribution < -0.4 is 10.6 Å². The smallest absolute Gasteiger partial charge is 0.275 e. The van der Waals surface area contributed by atoms with Gasteiger partial charge in [-0.3, -0.25) is 9.78 Å². The van der Waals surface area contributed by atoms with Crippen molar-refractivity contribution in [3.05, 3.63) is 48.2 Å². The van der Waals surface area contributed by atoms with E-state index in [0.717, 1.165) is 0 Å². The molecule has 0 spiro atoms. The summed E-state index contributed by atoms with van der Waals surface area (Å²) in [6, 6.07) is 5.66. The van der Waals surface area contributed by atoms with Crippen molar-refractivity contribution in [1.82, 2.24) is 9.97 Å². The first-order valence-corrected chi connectivity index (χ1v) is 5.82. The molecule has 1 amide bonds. The van der Waals surface area contributed by atoms with Crippen LogP contribution >= 0.6 is 0 Å². The average Bonchev–Trinajstić information content (AvgIpc) is 2.39. The lowest BCUT2D eigenvalue weighted by Crippen LogP contribution is -2.15. The van der Waals surface area contributed by atoms with Gasteiger partial charge in [0, 0.05) is 12.2 Å². The minimum atomic E-state index is -0.433. The lowest BCUT2D eigenvalue weighted by molar-refractivity contribution is 0.102. The summed E-state index contributed by atoms with van der Waals surface area (Å²) < 4.78 is 13.0. The molecule has 0 fully saturated rings. The molecular formula is C13H13FN4O. The number of anilines is 2. The van der Waals surface area contributed by atoms with Crippen LogP contribution in [-0.2, 0) is 0 Å². The van der Waals surface area contributed by atoms with Gasteiger partial charge in [-0.25, -0.2) is 9.37 Å². The van der Waals surface area contributed by atoms with Gasteiger partial charge >= 0.3 is 0 Å². The van der Waals surface area contributed by atoms with Gasteiger partial charge in [-0.15, -0.1) is 0 Å². The van der Waals surface area contributed by atoms with E-state index >= 15 is 0 Å². The molecule has 0 aliphatic rings. The van der Waals surface area contributed by atoms with E-state index in [-0.39, 0.29) is 5.69 Å². The van der Waals surface area contributed by atoms with Crippen molar-refractivity contribution in [2.75, 3.05) is 17.2 Å². The fraction of sp³-hybridized carbons (Fsp3) is 0.154. The van der Waals surface area contributed by atoms with Crippen molar-refractivity contribution in [2.24, 2.45) is 0 Å². The molecule has 0 radical (unpaired) electrons. The summed E-state index contributed by atoms with van der Waals surface area (Å²) in [5.41, 5.74) is 0.545. The molecule has 0 atom stereocenters. The normalized spacial score (nSPS) is 10.0. The highest BCUT2D eigenvalue weighted by Gasteiger charge is 2.09. The minimum absolute atomic E-state index is 0.169. The monoisotopic (exact) mass is 260 g/mol. The molecule has 2 N–H and O–H groups in total. The van der Waals surface area contributed by atoms with Crippen molar-refractivity contribution in [2.45, 2.75) is 6.92 Å². The van der Waals surface area contributed by atoms with E-state index in [1.54, 1.807) is 6.07 Å². The van der Waals surface area contributed by atoms with Gasteiger partial charge in [-0.2, -0.15) is 0 Å². The first kappa shape index (κ1) is 12.9. The van der Waals surface area contributed by atoms with Crippen LogP contribution in [0, 0.1) is 5.82 Å². The van der Waals surface area contributed by atoms with Crippen LogP contribution in [0.4, 0.5) is 15.9 Å². The average molecular weight is 260 g/mol. The Balaban J connectivity index is 2.13. The summed E-state index contributed by atoms with van der Waals surface area (Å²) in [7, 11) is 0. The lowest BCUT2D eigenvalue weighted by atomic mass is 10.3. The Labute approximate surface area is 109 Å². The van der Waals surface area contributed by atoms with Crippen LogP contribution in [0.15, 0.2) is 36.7 Å². The second-order valence-electron chi connectivity index (χ2n) is 3.78. The predicted octanol–water partition coefficient (Wildman–Crippen LogP) is 2.30. The van der Waals surface area contributed by atoms with Gasteiger partial charge in [0.25, 0.3) is 5.91 Å². The van der Waals surface area contributed by atoms with Crippen molar-refractivity contribution in [1.29, 1.82) is 0 Å². The molecule has 2 rings (SSSR count). The molecule has 0 saturated heterocycles. The maximum absolute atomic E-state index is 13.0. The van der Waals surface area contributed by atoms with Gasteiger partial charge in [0.05, 0.1) is 12.4 Å². The number of carbonyl (C=O) groups is 1. The Morgan fingerprint density at radius 1 is 1.37 bits per heavy atom. The molecule has 1 aromatic carbocycles. The first-order chi connectivity index (χ1) is 9.19. The van der Waals surface area contributed by atoms with Gasteiger partial charge in [0.2, 0.25) is 0 Å². The molecule has 19 heavy (non-hydrogen) atoms. The van der Waals surface area contributed by atoms with E-state index in [0.29, 0.717) is 18.1 Å². The topological polar surface area (TPSA) is 66.9 Å². The fourth-order valence-corrected chi connectivity index (χ4v) is 1.50. The number of rotatable bonds is 4. The van der Waals surface area contributed by atoms with Gasteiger partial charge in [-0.05, 0) is 25.1 Å². The van der Waals surface area contributed by atoms with Crippen LogP contribution in [-0.4, -0.2) is 22.4 Å². The quantitative estimate of drug-likeness (QED) is 0.885. The van der Waals surface area contributed by atoms with E-state index in [4.69, 9.17) is 0 Å². The second kappa shape index (κ2) is 5.90. The molecule has 6 heteroatoms. The van der Waals surface area contributed by atoms with E-state index < -0.39 is 11.7 Å². The summed E-state index contributed by atoms with van der Waals surface area (Å²) in [6.07, 6.45) is 2.89. The minimum Gasteiger partial charge on any atom is -0.369 e. The zero-order valence-electron chi connectivity index (χ0n) is 10.4. The Bertz CT molecular complexity index is 588. The van der Waals surface area contributed by atoms with Crippen molar-refractivity contribution in [3.63, 3.8) is 0 Å². The van der Waals surface area contributed by atoms with Crippen LogP contribution in [0.25, 0.3) is 0 Å². The molecular weight excluding hydrogens is 247 g/mol. The highest BCUT2D eigenvalue weighted by atomic mass is 19.1. The van der Waals surface area contributed by atoms with Gasteiger partial charge in [0.15, 0.2) is 0 Å². The Kier molecular flexibility index (Phi) is 4.02. The first-order valence-electron chi connectivity index (χ1n) is 5.82. The summed E-state index contributed by atoms with van der Waals surface area (Å²) in [5.74, 6) is -0.322. The van der Waals surface area contributed by atoms with Gasteiger partial charge < -0.3 is 10.6 Å². The predicted molar refractivity (Wildman–Crippen MR) is 70.5 cm³/mol. The molecule has 0 aliphatic carbocycles. The third-order valence-corrected chi connectivity index (χ3v) is 2.31. The highest BCUT2D eigenvalue weighted by molar-refractivity contribution is 6.02. The number of nitrogens with zero attached hydrogens (tertiary/aromatic N) is 2. The lowest BCUT2D eigenvalue weighted by Gasteiger charge is -2.06. The Hall–Kier alpha value is -2.50. The molecule has 98 valence electrons. The third kappa shape index (κ3) is 3.48. The number of halogens is 1. The van der Waals surface area contributed by atoms with Crippen molar-refractivity contribution < 1.29 is 9.18 Å². The van der Waals surface area contributed by atoms with Crippen molar-refractivity contribution >= 4 is 17.4 Å². The number of benzene rings is 1. The zero-order valence-corrected chi connectivity index (χ0v) is 10.4. The van der Waals surface area contributed by atoms with Crippen LogP contribution in [0.2, 0.25) is 0 Å². The molecule has 1 aromatic heterocycles. The Morgan fingerprint density at radius 2 is 2.21 bits per heavy atom. The number of amides is 1. The number of hydrogen-bond acceptors (Lipinski definition) is 4. The summed E-state index contributed by atoms with van der Waals surface area (Å²) in [4.78, 5) is 19.9. The number of nitrogens with one attached hydrogen (secondary N) is 2. The van der Waals surface area contributed by atoms with Crippen LogP contribution in [0.1, 0.15) is 17.4 Å². The molecule has 0 aliphatic heterocycles. The standard InChI is InChI=1S/C13H13FN4O/c1-2-16-12-8-15-7-11(18-12)13(19)17-10-5-3-4-9(14)6-10/h3-8H,2H2,1H3,(H,16,18)(H,17,19). The third-order valence-electron chi connectivity index (χ3n) is 2.31. The number of hydrogen-bond donors (Lipinski definition) is 2. The molecule has 2 aromatic rings. The molecule has 0 bridgehead atoms. The van der Waals surface area contributed by atoms with Crippen LogP contribution in [0.5, 0.6) is 0 Å². The SMILES string of the molecule is CCNc1cncc(C(=O)Nc2cccc(F)c2)n1. The summed E-state index contributed by atoms with van der Waals surface area (Å²) >= 11 is 0. The van der Waals surface area contributed by atoms with Crippen LogP contribution in [0.3, 0.4) is 0 Å². The zero-order chi connectivity index (χ0) is 13.7. The maximum atomic E-state index is 13.0. The van der Waals surface area contributed by atoms with Crippen molar-refractivity contribution in [3.8, 4) is 0 Å². The maximum Gasteiger partial charge on any atom is 0.275 e. The molecule has 1 heterocycles. The number of carbonyl (C=O) groups excluding carboxylic acids is 1. The molecule has 5 nitrogen and oxygen atoms in total. The van der Waals surface area contributed by atoms with Gasteiger partial charge in [0.1, 0.15) is 17.3 Å². The van der Waals surface area contributed by atoms with E-state index in [1.165, 1.54) is 30.6 Å². The molecule has 0 saturated carbocycles. The number of aromatic nitrogens is 2. The molecule has 0 unspecified atom stereocenters. The second-order valence-corrected chi connectivity index (χ2v) is 3.78. The summed E-state index contributed by atoms with van der Waals surface area (Å²) in [5, 5.41) is 5.52. The van der Waals surface area contributed by atoms with E-state index in [1.807, 2.05) is 6.92 Å². The fourth-order valence-electron chi connectivity index (χ4n) is 1.50. The van der Waals surface area contributed by atoms with E-state index in [2.05, 4.69) is 20.6 Å². The summed E-state index contributed by atoms with van der Waals surface area (Å²) in [6.45, 7) is 2.60. The Morgan fingerprint density at radius 3 is 2.95 bits per heavy atom. The largest absolute Gasteiger partial charge is 0.369 e. The highest BCUT2D eigenvalue weighted by Crippen LogP contribution is 2.11.